The summed E-state index contributed by atoms with van der Waals surface area (Å²) in [6.07, 6.45) is 1.32. The van der Waals surface area contributed by atoms with Crippen LogP contribution in [0.3, 0.4) is 0 Å². The second-order valence-corrected chi connectivity index (χ2v) is 7.69. The van der Waals surface area contributed by atoms with Crippen molar-refractivity contribution >= 4 is 46.9 Å². The lowest BCUT2D eigenvalue weighted by atomic mass is 10.1. The van der Waals surface area contributed by atoms with Crippen LogP contribution in [-0.4, -0.2) is 28.0 Å². The number of carbonyl (C=O) groups excluding carboxylic acids is 2. The van der Waals surface area contributed by atoms with Crippen LogP contribution in [0.4, 0.5) is 5.69 Å². The Labute approximate surface area is 189 Å². The van der Waals surface area contributed by atoms with Gasteiger partial charge in [0.05, 0.1) is 11.3 Å². The molecule has 2 amide bonds. The molecule has 0 unspecified atom stereocenters. The fraction of sp³-hybridized carbons (Fsp3) is 0.0833. The van der Waals surface area contributed by atoms with E-state index in [0.717, 1.165) is 11.1 Å². The first kappa shape index (κ1) is 21.2. The SMILES string of the molecule is Cc1ccc(N2C(=O)/C(=C/c3ccc(-c4ccccc4C(=O)O)o3)C(=O)NC2=S)c(C)c1. The predicted molar refractivity (Wildman–Crippen MR) is 123 cm³/mol. The minimum absolute atomic E-state index is 0.000349. The maximum atomic E-state index is 13.2. The van der Waals surface area contributed by atoms with E-state index in [1.54, 1.807) is 36.4 Å². The summed E-state index contributed by atoms with van der Waals surface area (Å²) >= 11 is 5.25. The number of carboxylic acid groups (broad SMARTS) is 1. The molecule has 1 aromatic heterocycles. The smallest absolute Gasteiger partial charge is 0.336 e. The third-order valence-electron chi connectivity index (χ3n) is 5.03. The van der Waals surface area contributed by atoms with E-state index in [1.165, 1.54) is 17.0 Å². The van der Waals surface area contributed by atoms with Crippen molar-refractivity contribution in [2.45, 2.75) is 13.8 Å². The maximum absolute atomic E-state index is 13.2. The van der Waals surface area contributed by atoms with Crippen LogP contribution in [0.1, 0.15) is 27.2 Å². The second kappa shape index (κ2) is 8.24. The van der Waals surface area contributed by atoms with Gasteiger partial charge in [0.1, 0.15) is 17.1 Å². The molecule has 1 aliphatic rings. The van der Waals surface area contributed by atoms with Crippen LogP contribution in [0.2, 0.25) is 0 Å². The Hall–Kier alpha value is -4.04. The lowest BCUT2D eigenvalue weighted by Gasteiger charge is -2.30. The number of thiocarbonyl (C=S) groups is 1. The number of furan rings is 1. The third kappa shape index (κ3) is 3.83. The van der Waals surface area contributed by atoms with Crippen molar-refractivity contribution in [3.63, 3.8) is 0 Å². The molecule has 0 radical (unpaired) electrons. The van der Waals surface area contributed by atoms with Crippen LogP contribution in [0.15, 0.2) is 64.6 Å². The van der Waals surface area contributed by atoms with E-state index in [4.69, 9.17) is 16.6 Å². The van der Waals surface area contributed by atoms with Crippen molar-refractivity contribution < 1.29 is 23.9 Å². The van der Waals surface area contributed by atoms with E-state index in [1.807, 2.05) is 26.0 Å². The van der Waals surface area contributed by atoms with Gasteiger partial charge in [-0.15, -0.1) is 0 Å². The molecule has 3 aromatic rings. The van der Waals surface area contributed by atoms with Crippen LogP contribution in [0, 0.1) is 13.8 Å². The predicted octanol–water partition coefficient (Wildman–Crippen LogP) is 4.09. The van der Waals surface area contributed by atoms with Gasteiger partial charge < -0.3 is 9.52 Å². The highest BCUT2D eigenvalue weighted by atomic mass is 32.1. The van der Waals surface area contributed by atoms with Gasteiger partial charge in [-0.2, -0.15) is 0 Å². The first-order valence-electron chi connectivity index (χ1n) is 9.67. The Morgan fingerprint density at radius 3 is 2.56 bits per heavy atom. The summed E-state index contributed by atoms with van der Waals surface area (Å²) in [4.78, 5) is 38.5. The normalized spacial score (nSPS) is 15.2. The topological polar surface area (TPSA) is 99.8 Å². The number of amides is 2. The standard InChI is InChI=1S/C24H18N2O5S/c1-13-7-9-19(14(2)11-13)26-22(28)18(21(27)25-24(26)32)12-15-8-10-20(31-15)16-5-3-4-6-17(16)23(29)30/h3-12H,1-2H3,(H,29,30)(H,25,27,32)/b18-12+. The van der Waals surface area contributed by atoms with Gasteiger partial charge in [0.25, 0.3) is 11.8 Å². The number of nitrogens with one attached hydrogen (secondary N) is 1. The summed E-state index contributed by atoms with van der Waals surface area (Å²) in [6.45, 7) is 3.80. The zero-order chi connectivity index (χ0) is 23.0. The van der Waals surface area contributed by atoms with Gasteiger partial charge in [-0.05, 0) is 62.0 Å². The monoisotopic (exact) mass is 446 g/mol. The van der Waals surface area contributed by atoms with E-state index in [0.29, 0.717) is 17.0 Å². The maximum Gasteiger partial charge on any atom is 0.336 e. The molecule has 1 saturated heterocycles. The number of aryl methyl sites for hydroxylation is 2. The Morgan fingerprint density at radius 2 is 1.84 bits per heavy atom. The zero-order valence-corrected chi connectivity index (χ0v) is 18.0. The van der Waals surface area contributed by atoms with Crippen molar-refractivity contribution in [3.05, 3.63) is 82.6 Å². The molecule has 4 rings (SSSR count). The first-order valence-corrected chi connectivity index (χ1v) is 10.1. The molecule has 2 N–H and O–H groups in total. The van der Waals surface area contributed by atoms with Crippen LogP contribution in [-0.2, 0) is 9.59 Å². The molecular formula is C24H18N2O5S. The molecular weight excluding hydrogens is 428 g/mol. The molecule has 32 heavy (non-hydrogen) atoms. The highest BCUT2D eigenvalue weighted by Gasteiger charge is 2.35. The number of anilines is 1. The molecule has 2 heterocycles. The molecule has 0 saturated carbocycles. The highest BCUT2D eigenvalue weighted by Crippen LogP contribution is 2.29. The summed E-state index contributed by atoms with van der Waals surface area (Å²) in [5.41, 5.74) is 2.77. The minimum Gasteiger partial charge on any atom is -0.478 e. The number of benzene rings is 2. The number of hydrogen-bond donors (Lipinski definition) is 2. The Kier molecular flexibility index (Phi) is 5.46. The van der Waals surface area contributed by atoms with Gasteiger partial charge in [0.2, 0.25) is 0 Å². The summed E-state index contributed by atoms with van der Waals surface area (Å²) in [5.74, 6) is -1.76. The van der Waals surface area contributed by atoms with Gasteiger partial charge in [-0.1, -0.05) is 35.9 Å². The number of hydrogen-bond acceptors (Lipinski definition) is 5. The zero-order valence-electron chi connectivity index (χ0n) is 17.2. The molecule has 2 aromatic carbocycles. The Balaban J connectivity index is 1.71. The van der Waals surface area contributed by atoms with Crippen molar-refractivity contribution in [1.82, 2.24) is 5.32 Å². The van der Waals surface area contributed by atoms with Crippen molar-refractivity contribution in [2.24, 2.45) is 0 Å². The van der Waals surface area contributed by atoms with E-state index in [-0.39, 0.29) is 22.0 Å². The summed E-state index contributed by atoms with van der Waals surface area (Å²) in [6, 6.07) is 15.1. The number of nitrogens with zero attached hydrogens (tertiary/aromatic N) is 1. The molecule has 8 heteroatoms. The number of carboxylic acids is 1. The summed E-state index contributed by atoms with van der Waals surface area (Å²) < 4.78 is 5.74. The minimum atomic E-state index is -1.09. The van der Waals surface area contributed by atoms with Crippen molar-refractivity contribution in [2.75, 3.05) is 4.90 Å². The van der Waals surface area contributed by atoms with Gasteiger partial charge in [-0.25, -0.2) is 4.79 Å². The number of carbonyl (C=O) groups is 3. The molecule has 7 nitrogen and oxygen atoms in total. The third-order valence-corrected chi connectivity index (χ3v) is 5.32. The number of rotatable bonds is 4. The first-order chi connectivity index (χ1) is 15.3. The summed E-state index contributed by atoms with van der Waals surface area (Å²) in [7, 11) is 0. The van der Waals surface area contributed by atoms with E-state index >= 15 is 0 Å². The van der Waals surface area contributed by atoms with E-state index in [2.05, 4.69) is 5.32 Å². The van der Waals surface area contributed by atoms with Crippen LogP contribution >= 0.6 is 12.2 Å². The Bertz CT molecular complexity index is 1320. The van der Waals surface area contributed by atoms with Crippen LogP contribution in [0.25, 0.3) is 17.4 Å². The van der Waals surface area contributed by atoms with Gasteiger partial charge in [-0.3, -0.25) is 19.8 Å². The van der Waals surface area contributed by atoms with Crippen molar-refractivity contribution in [1.29, 1.82) is 0 Å². The highest BCUT2D eigenvalue weighted by molar-refractivity contribution is 7.80. The fourth-order valence-corrected chi connectivity index (χ4v) is 3.81. The largest absolute Gasteiger partial charge is 0.478 e. The molecule has 0 bridgehead atoms. The average Bonchev–Trinajstić information content (AvgIpc) is 3.21. The summed E-state index contributed by atoms with van der Waals surface area (Å²) in [5, 5.41) is 11.9. The molecule has 0 spiro atoms. The van der Waals surface area contributed by atoms with Gasteiger partial charge >= 0.3 is 5.97 Å². The van der Waals surface area contributed by atoms with Gasteiger partial charge in [0.15, 0.2) is 5.11 Å². The van der Waals surface area contributed by atoms with Crippen LogP contribution in [0.5, 0.6) is 0 Å². The van der Waals surface area contributed by atoms with E-state index in [9.17, 15) is 19.5 Å². The molecule has 1 fully saturated rings. The molecule has 160 valence electrons. The molecule has 0 atom stereocenters. The second-order valence-electron chi connectivity index (χ2n) is 7.30. The quantitative estimate of drug-likeness (QED) is 0.356. The van der Waals surface area contributed by atoms with E-state index < -0.39 is 17.8 Å². The fourth-order valence-electron chi connectivity index (χ4n) is 3.53. The van der Waals surface area contributed by atoms with Crippen molar-refractivity contribution in [3.8, 4) is 11.3 Å². The molecule has 0 aliphatic carbocycles. The Morgan fingerprint density at radius 1 is 1.09 bits per heavy atom. The lowest BCUT2D eigenvalue weighted by molar-refractivity contribution is -0.122. The van der Waals surface area contributed by atoms with Crippen LogP contribution < -0.4 is 10.2 Å². The molecule has 1 aliphatic heterocycles. The number of aromatic carboxylic acids is 1. The average molecular weight is 446 g/mol. The van der Waals surface area contributed by atoms with Gasteiger partial charge in [0, 0.05) is 5.56 Å². The lowest BCUT2D eigenvalue weighted by Crippen LogP contribution is -2.54.